The van der Waals surface area contributed by atoms with E-state index < -0.39 is 28.9 Å². The van der Waals surface area contributed by atoms with E-state index >= 15 is 0 Å². The number of benzene rings is 1. The van der Waals surface area contributed by atoms with E-state index in [0.29, 0.717) is 12.1 Å². The highest BCUT2D eigenvalue weighted by atomic mass is 19.2. The van der Waals surface area contributed by atoms with Crippen LogP contribution in [0.4, 0.5) is 8.78 Å². The number of hydrogen-bond acceptors (Lipinski definition) is 3. The van der Waals surface area contributed by atoms with Gasteiger partial charge in [0.15, 0.2) is 11.6 Å². The summed E-state index contributed by atoms with van der Waals surface area (Å²) in [7, 11) is 0. The van der Waals surface area contributed by atoms with Gasteiger partial charge in [-0.1, -0.05) is 13.0 Å². The first-order valence-electron chi connectivity index (χ1n) is 9.04. The molecule has 2 rings (SSSR count). The fourth-order valence-corrected chi connectivity index (χ4v) is 2.57. The van der Waals surface area contributed by atoms with Crippen molar-refractivity contribution >= 4 is 11.8 Å². The van der Waals surface area contributed by atoms with Crippen LogP contribution in [-0.2, 0) is 6.54 Å². The molecule has 0 saturated heterocycles. The Bertz CT molecular complexity index is 941. The van der Waals surface area contributed by atoms with Crippen molar-refractivity contribution in [2.75, 3.05) is 6.54 Å². The minimum atomic E-state index is -1.02. The van der Waals surface area contributed by atoms with Crippen LogP contribution >= 0.6 is 0 Å². The number of nitrogens with zero attached hydrogens (tertiary/aromatic N) is 1. The molecule has 0 aliphatic heterocycles. The molecule has 2 amide bonds. The van der Waals surface area contributed by atoms with Gasteiger partial charge in [-0.15, -0.1) is 0 Å². The van der Waals surface area contributed by atoms with Crippen LogP contribution in [-0.4, -0.2) is 22.9 Å². The Labute approximate surface area is 161 Å². The van der Waals surface area contributed by atoms with E-state index in [-0.39, 0.29) is 23.7 Å². The number of amides is 2. The highest BCUT2D eigenvalue weighted by molar-refractivity contribution is 5.99. The summed E-state index contributed by atoms with van der Waals surface area (Å²) < 4.78 is 28.0. The molecule has 1 atom stereocenters. The Kier molecular flexibility index (Phi) is 7.03. The van der Waals surface area contributed by atoms with Crippen LogP contribution in [0.15, 0.2) is 35.4 Å². The first-order valence-corrected chi connectivity index (χ1v) is 9.04. The van der Waals surface area contributed by atoms with Gasteiger partial charge < -0.3 is 15.2 Å². The molecule has 0 fully saturated rings. The molecule has 6 nitrogen and oxygen atoms in total. The largest absolute Gasteiger partial charge is 0.352 e. The van der Waals surface area contributed by atoms with Crippen molar-refractivity contribution in [1.82, 2.24) is 15.2 Å². The van der Waals surface area contributed by atoms with Crippen molar-refractivity contribution in [2.24, 2.45) is 0 Å². The van der Waals surface area contributed by atoms with E-state index in [1.165, 1.54) is 18.5 Å². The predicted octanol–water partition coefficient (Wildman–Crippen LogP) is 2.78. The molecule has 2 aromatic rings. The third kappa shape index (κ3) is 4.82. The Morgan fingerprint density at radius 1 is 1.04 bits per heavy atom. The quantitative estimate of drug-likeness (QED) is 0.762. The van der Waals surface area contributed by atoms with Gasteiger partial charge >= 0.3 is 0 Å². The van der Waals surface area contributed by atoms with Gasteiger partial charge in [-0.05, 0) is 38.0 Å². The van der Waals surface area contributed by atoms with Crippen molar-refractivity contribution in [2.45, 2.75) is 39.8 Å². The molecule has 0 radical (unpaired) electrons. The van der Waals surface area contributed by atoms with Crippen molar-refractivity contribution in [3.8, 4) is 0 Å². The number of carbonyl (C=O) groups excluding carboxylic acids is 2. The maximum Gasteiger partial charge on any atom is 0.257 e. The molecule has 8 heteroatoms. The summed E-state index contributed by atoms with van der Waals surface area (Å²) in [6.45, 7) is 5.81. The molecule has 2 N–H and O–H groups in total. The van der Waals surface area contributed by atoms with Crippen LogP contribution in [0.3, 0.4) is 0 Å². The Hall–Kier alpha value is -3.03. The van der Waals surface area contributed by atoms with E-state index in [1.54, 1.807) is 11.5 Å². The van der Waals surface area contributed by atoms with Crippen LogP contribution < -0.4 is 16.1 Å². The zero-order valence-corrected chi connectivity index (χ0v) is 16.0. The summed E-state index contributed by atoms with van der Waals surface area (Å²) in [4.78, 5) is 37.4. The maximum atomic E-state index is 13.3. The molecule has 1 aromatic heterocycles. The average molecular weight is 391 g/mol. The number of rotatable bonds is 7. The second-order valence-corrected chi connectivity index (χ2v) is 6.41. The van der Waals surface area contributed by atoms with E-state index in [0.717, 1.165) is 18.6 Å². The molecule has 0 spiro atoms. The molecule has 0 bridgehead atoms. The first-order chi connectivity index (χ1) is 13.3. The summed E-state index contributed by atoms with van der Waals surface area (Å²) in [5, 5.41) is 5.07. The van der Waals surface area contributed by atoms with E-state index in [2.05, 4.69) is 10.6 Å². The van der Waals surface area contributed by atoms with Gasteiger partial charge in [0.2, 0.25) is 5.43 Å². The monoisotopic (exact) mass is 391 g/mol. The van der Waals surface area contributed by atoms with Crippen molar-refractivity contribution in [3.05, 3.63) is 69.1 Å². The number of hydrogen-bond donors (Lipinski definition) is 2. The summed E-state index contributed by atoms with van der Waals surface area (Å²) in [5.74, 6) is -3.26. The Morgan fingerprint density at radius 3 is 2.18 bits per heavy atom. The molecular weight excluding hydrogens is 368 g/mol. The van der Waals surface area contributed by atoms with Gasteiger partial charge in [0.25, 0.3) is 11.8 Å². The second kappa shape index (κ2) is 9.25. The van der Waals surface area contributed by atoms with E-state index in [4.69, 9.17) is 0 Å². The third-order valence-corrected chi connectivity index (χ3v) is 4.41. The highest BCUT2D eigenvalue weighted by Crippen LogP contribution is 2.12. The smallest absolute Gasteiger partial charge is 0.257 e. The maximum absolute atomic E-state index is 13.3. The third-order valence-electron chi connectivity index (χ3n) is 4.41. The van der Waals surface area contributed by atoms with Crippen LogP contribution in [0.2, 0.25) is 0 Å². The minimum absolute atomic E-state index is 0.0356. The number of halogens is 2. The van der Waals surface area contributed by atoms with E-state index in [9.17, 15) is 23.2 Å². The van der Waals surface area contributed by atoms with Gasteiger partial charge in [-0.25, -0.2) is 8.78 Å². The standard InChI is InChI=1S/C20H23F2N3O3/c1-4-12(3)25-10-14(19(27)23-5-2)18(26)15(11-25)20(28)24-9-13-6-7-16(21)17(22)8-13/h6-8,10-12H,4-5,9H2,1-3H3,(H,23,27)(H,24,28)/t12-/m0/s1. The predicted molar refractivity (Wildman–Crippen MR) is 101 cm³/mol. The summed E-state index contributed by atoms with van der Waals surface area (Å²) in [5.41, 5.74) is -0.656. The summed E-state index contributed by atoms with van der Waals surface area (Å²) in [6, 6.07) is 3.23. The average Bonchev–Trinajstić information content (AvgIpc) is 2.68. The lowest BCUT2D eigenvalue weighted by molar-refractivity contribution is 0.0948. The van der Waals surface area contributed by atoms with Crippen molar-refractivity contribution in [1.29, 1.82) is 0 Å². The van der Waals surface area contributed by atoms with Gasteiger partial charge in [0, 0.05) is 31.5 Å². The summed E-state index contributed by atoms with van der Waals surface area (Å²) in [6.07, 6.45) is 3.57. The normalized spacial score (nSPS) is 11.8. The molecule has 1 heterocycles. The molecule has 0 aliphatic carbocycles. The first kappa shape index (κ1) is 21.3. The van der Waals surface area contributed by atoms with E-state index in [1.807, 2.05) is 13.8 Å². The van der Waals surface area contributed by atoms with Gasteiger partial charge in [-0.3, -0.25) is 14.4 Å². The molecule has 0 unspecified atom stereocenters. The summed E-state index contributed by atoms with van der Waals surface area (Å²) >= 11 is 0. The SMILES string of the molecule is CCNC(=O)c1cn([C@@H](C)CC)cc(C(=O)NCc2ccc(F)c(F)c2)c1=O. The zero-order valence-electron chi connectivity index (χ0n) is 16.0. The van der Waals surface area contributed by atoms with Crippen LogP contribution in [0.25, 0.3) is 0 Å². The molecule has 1 aromatic carbocycles. The molecule has 28 heavy (non-hydrogen) atoms. The van der Waals surface area contributed by atoms with Crippen molar-refractivity contribution in [3.63, 3.8) is 0 Å². The van der Waals surface area contributed by atoms with Crippen LogP contribution in [0.5, 0.6) is 0 Å². The highest BCUT2D eigenvalue weighted by Gasteiger charge is 2.20. The van der Waals surface area contributed by atoms with Crippen LogP contribution in [0, 0.1) is 11.6 Å². The molecule has 150 valence electrons. The lowest BCUT2D eigenvalue weighted by Crippen LogP contribution is -2.35. The van der Waals surface area contributed by atoms with Crippen LogP contribution in [0.1, 0.15) is 59.5 Å². The van der Waals surface area contributed by atoms with Gasteiger partial charge in [0.05, 0.1) is 0 Å². The number of nitrogens with one attached hydrogen (secondary N) is 2. The number of carbonyl (C=O) groups is 2. The topological polar surface area (TPSA) is 80.2 Å². The molecule has 0 saturated carbocycles. The van der Waals surface area contributed by atoms with Gasteiger partial charge in [0.1, 0.15) is 11.1 Å². The van der Waals surface area contributed by atoms with Gasteiger partial charge in [-0.2, -0.15) is 0 Å². The Balaban J connectivity index is 2.34. The number of aromatic nitrogens is 1. The Morgan fingerprint density at radius 2 is 1.64 bits per heavy atom. The fraction of sp³-hybridized carbons (Fsp3) is 0.350. The lowest BCUT2D eigenvalue weighted by atomic mass is 10.1. The molecule has 0 aliphatic rings. The second-order valence-electron chi connectivity index (χ2n) is 6.41. The fourth-order valence-electron chi connectivity index (χ4n) is 2.57. The lowest BCUT2D eigenvalue weighted by Gasteiger charge is -2.17. The van der Waals surface area contributed by atoms with Crippen molar-refractivity contribution < 1.29 is 18.4 Å². The molecular formula is C20H23F2N3O3. The number of pyridine rings is 1. The zero-order chi connectivity index (χ0) is 20.8. The minimum Gasteiger partial charge on any atom is -0.352 e.